The third-order valence-electron chi connectivity index (χ3n) is 2.71. The highest BCUT2D eigenvalue weighted by molar-refractivity contribution is 8.00. The molecule has 2 aliphatic rings. The summed E-state index contributed by atoms with van der Waals surface area (Å²) in [6.45, 7) is 5.25. The van der Waals surface area contributed by atoms with Crippen LogP contribution in [-0.2, 0) is 4.74 Å². The first-order valence-corrected chi connectivity index (χ1v) is 5.79. The third kappa shape index (κ3) is 2.32. The minimum Gasteiger partial charge on any atom is -0.358 e. The van der Waals surface area contributed by atoms with Crippen LogP contribution in [0.1, 0.15) is 26.7 Å². The predicted molar refractivity (Wildman–Crippen MR) is 59.7 cm³/mol. The topological polar surface area (TPSA) is 21.3 Å². The van der Waals surface area contributed by atoms with E-state index >= 15 is 0 Å². The summed E-state index contributed by atoms with van der Waals surface area (Å²) in [4.78, 5) is 0. The molecule has 2 nitrogen and oxygen atoms in total. The maximum Gasteiger partial charge on any atom is 0.128 e. The van der Waals surface area contributed by atoms with Crippen LogP contribution >= 0.6 is 24.2 Å². The number of hydrogen-bond acceptors (Lipinski definition) is 3. The Morgan fingerprint density at radius 3 is 2.77 bits per heavy atom. The minimum absolute atomic E-state index is 0. The number of hydrogen-bond donors (Lipinski definition) is 1. The Morgan fingerprint density at radius 1 is 1.54 bits per heavy atom. The summed E-state index contributed by atoms with van der Waals surface area (Å²) in [5, 5.41) is 4.20. The van der Waals surface area contributed by atoms with Crippen molar-refractivity contribution in [2.45, 2.75) is 43.7 Å². The Hall–Kier alpha value is 0.560. The Morgan fingerprint density at radius 2 is 2.31 bits per heavy atom. The Labute approximate surface area is 90.6 Å². The van der Waals surface area contributed by atoms with E-state index < -0.39 is 0 Å². The van der Waals surface area contributed by atoms with Gasteiger partial charge in [0.1, 0.15) is 5.72 Å². The number of halogens is 1. The van der Waals surface area contributed by atoms with Gasteiger partial charge in [-0.25, -0.2) is 0 Å². The molecule has 0 radical (unpaired) electrons. The van der Waals surface area contributed by atoms with E-state index in [1.54, 1.807) is 0 Å². The molecule has 0 spiro atoms. The fraction of sp³-hybridized carbons (Fsp3) is 1.00. The van der Waals surface area contributed by atoms with E-state index in [1.807, 2.05) is 0 Å². The number of nitrogens with one attached hydrogen (secondary N) is 1. The van der Waals surface area contributed by atoms with Crippen LogP contribution in [0.25, 0.3) is 0 Å². The Kier molecular flexibility index (Phi) is 3.93. The van der Waals surface area contributed by atoms with Gasteiger partial charge < -0.3 is 4.74 Å². The lowest BCUT2D eigenvalue weighted by Gasteiger charge is -2.30. The summed E-state index contributed by atoms with van der Waals surface area (Å²) in [5.74, 6) is 1.31. The molecule has 78 valence electrons. The second-order valence-corrected chi connectivity index (χ2v) is 5.28. The molecular formula is C9H18ClNOS. The van der Waals surface area contributed by atoms with E-state index in [9.17, 15) is 0 Å². The summed E-state index contributed by atoms with van der Waals surface area (Å²) < 4.78 is 5.80. The van der Waals surface area contributed by atoms with Crippen LogP contribution in [-0.4, -0.2) is 29.4 Å². The molecule has 0 saturated carbocycles. The van der Waals surface area contributed by atoms with Gasteiger partial charge in [0, 0.05) is 11.3 Å². The number of thioether (sulfide) groups is 1. The van der Waals surface area contributed by atoms with Crippen molar-refractivity contribution in [1.29, 1.82) is 0 Å². The van der Waals surface area contributed by atoms with Crippen LogP contribution < -0.4 is 5.32 Å². The average Bonchev–Trinajstić information content (AvgIpc) is 2.59. The second-order valence-electron chi connectivity index (χ2n) is 3.97. The van der Waals surface area contributed by atoms with E-state index in [0.717, 1.165) is 6.61 Å². The van der Waals surface area contributed by atoms with Crippen LogP contribution in [0.3, 0.4) is 0 Å². The molecular weight excluding hydrogens is 206 g/mol. The van der Waals surface area contributed by atoms with E-state index in [-0.39, 0.29) is 18.1 Å². The van der Waals surface area contributed by atoms with Crippen LogP contribution in [0.5, 0.6) is 0 Å². The zero-order chi connectivity index (χ0) is 8.60. The minimum atomic E-state index is -0.0411. The van der Waals surface area contributed by atoms with Crippen LogP contribution in [0, 0.1) is 0 Å². The van der Waals surface area contributed by atoms with Crippen molar-refractivity contribution in [2.24, 2.45) is 0 Å². The number of ether oxygens (including phenoxy) is 1. The van der Waals surface area contributed by atoms with Crippen molar-refractivity contribution in [3.8, 4) is 0 Å². The van der Waals surface area contributed by atoms with Crippen LogP contribution in [0.4, 0.5) is 0 Å². The first-order chi connectivity index (χ1) is 5.71. The van der Waals surface area contributed by atoms with Crippen molar-refractivity contribution in [1.82, 2.24) is 5.32 Å². The summed E-state index contributed by atoms with van der Waals surface area (Å²) >= 11 is 2.05. The highest BCUT2D eigenvalue weighted by atomic mass is 35.5. The van der Waals surface area contributed by atoms with Gasteiger partial charge >= 0.3 is 0 Å². The number of rotatable bonds is 1. The molecule has 2 aliphatic heterocycles. The van der Waals surface area contributed by atoms with Gasteiger partial charge in [-0.05, 0) is 32.4 Å². The highest BCUT2D eigenvalue weighted by Gasteiger charge is 2.42. The predicted octanol–water partition coefficient (Wildman–Crippen LogP) is 2.03. The Balaban J connectivity index is 0.000000845. The molecule has 0 aliphatic carbocycles. The SMILES string of the molecule is CC1COC(C)(C2CCCS2)N1.Cl. The maximum atomic E-state index is 5.80. The van der Waals surface area contributed by atoms with Gasteiger partial charge in [-0.3, -0.25) is 5.32 Å². The molecule has 2 rings (SSSR count). The van der Waals surface area contributed by atoms with Gasteiger partial charge in [-0.2, -0.15) is 11.8 Å². The first-order valence-electron chi connectivity index (χ1n) is 4.74. The molecule has 0 amide bonds. The fourth-order valence-corrected chi connectivity index (χ4v) is 3.47. The average molecular weight is 224 g/mol. The van der Waals surface area contributed by atoms with Crippen molar-refractivity contribution >= 4 is 24.2 Å². The lowest BCUT2D eigenvalue weighted by atomic mass is 10.1. The first kappa shape index (κ1) is 11.6. The third-order valence-corrected chi connectivity index (χ3v) is 4.32. The largest absolute Gasteiger partial charge is 0.358 e. The molecule has 13 heavy (non-hydrogen) atoms. The molecule has 1 N–H and O–H groups in total. The lowest BCUT2D eigenvalue weighted by Crippen LogP contribution is -2.48. The van der Waals surface area contributed by atoms with Gasteiger partial charge in [0.15, 0.2) is 0 Å². The summed E-state index contributed by atoms with van der Waals surface area (Å²) in [7, 11) is 0. The highest BCUT2D eigenvalue weighted by Crippen LogP contribution is 2.37. The normalized spacial score (nSPS) is 44.8. The smallest absolute Gasteiger partial charge is 0.128 e. The maximum absolute atomic E-state index is 5.80. The second kappa shape index (κ2) is 4.39. The van der Waals surface area contributed by atoms with E-state index in [4.69, 9.17) is 4.74 Å². The molecule has 3 atom stereocenters. The zero-order valence-corrected chi connectivity index (χ0v) is 9.84. The molecule has 0 aromatic rings. The van der Waals surface area contributed by atoms with Crippen molar-refractivity contribution in [3.63, 3.8) is 0 Å². The standard InChI is InChI=1S/C9H17NOS.ClH/c1-7-6-11-9(2,10-7)8-4-3-5-12-8;/h7-8,10H,3-6H2,1-2H3;1H. The molecule has 2 fully saturated rings. The van der Waals surface area contributed by atoms with Crippen molar-refractivity contribution in [2.75, 3.05) is 12.4 Å². The summed E-state index contributed by atoms with van der Waals surface area (Å²) in [6.07, 6.45) is 2.66. The van der Waals surface area contributed by atoms with Gasteiger partial charge in [0.25, 0.3) is 0 Å². The van der Waals surface area contributed by atoms with Gasteiger partial charge in [0.2, 0.25) is 0 Å². The lowest BCUT2D eigenvalue weighted by molar-refractivity contribution is 0.00450. The van der Waals surface area contributed by atoms with Crippen molar-refractivity contribution < 1.29 is 4.74 Å². The van der Waals surface area contributed by atoms with E-state index in [2.05, 4.69) is 30.9 Å². The molecule has 0 aromatic carbocycles. The quantitative estimate of drug-likeness (QED) is 0.735. The van der Waals surface area contributed by atoms with Gasteiger partial charge in [-0.15, -0.1) is 12.4 Å². The van der Waals surface area contributed by atoms with Gasteiger partial charge in [0.05, 0.1) is 6.61 Å². The molecule has 2 heterocycles. The van der Waals surface area contributed by atoms with Gasteiger partial charge in [-0.1, -0.05) is 0 Å². The van der Waals surface area contributed by atoms with Crippen molar-refractivity contribution in [3.05, 3.63) is 0 Å². The molecule has 0 aromatic heterocycles. The monoisotopic (exact) mass is 223 g/mol. The van der Waals surface area contributed by atoms with E-state index in [1.165, 1.54) is 18.6 Å². The van der Waals surface area contributed by atoms with Crippen LogP contribution in [0.2, 0.25) is 0 Å². The molecule has 0 bridgehead atoms. The summed E-state index contributed by atoms with van der Waals surface area (Å²) in [5.41, 5.74) is -0.0411. The fourth-order valence-electron chi connectivity index (χ4n) is 2.07. The zero-order valence-electron chi connectivity index (χ0n) is 8.21. The molecule has 2 saturated heterocycles. The van der Waals surface area contributed by atoms with Crippen LogP contribution in [0.15, 0.2) is 0 Å². The molecule has 4 heteroatoms. The molecule has 3 unspecified atom stereocenters. The Bertz CT molecular complexity index is 175. The van der Waals surface area contributed by atoms with E-state index in [0.29, 0.717) is 11.3 Å². The summed E-state index contributed by atoms with van der Waals surface area (Å²) in [6, 6.07) is 0.524.